The van der Waals surface area contributed by atoms with Crippen LogP contribution in [0, 0.1) is 0 Å². The van der Waals surface area contributed by atoms with Gasteiger partial charge in [-0.05, 0) is 48.0 Å². The van der Waals surface area contributed by atoms with Gasteiger partial charge in [-0.1, -0.05) is 6.92 Å². The molecule has 1 atom stereocenters. The molecule has 0 amide bonds. The van der Waals surface area contributed by atoms with Crippen LogP contribution in [0.5, 0.6) is 0 Å². The summed E-state index contributed by atoms with van der Waals surface area (Å²) in [5.41, 5.74) is 0. The SMILES string of the molecule is CCN(CCCNC(C)c1ccc(Br)s1)S(C)(=O)=O. The zero-order chi connectivity index (χ0) is 14.5. The van der Waals surface area contributed by atoms with E-state index in [2.05, 4.69) is 34.2 Å². The highest BCUT2D eigenvalue weighted by Gasteiger charge is 2.13. The molecule has 1 unspecified atom stereocenters. The molecule has 1 aromatic rings. The van der Waals surface area contributed by atoms with E-state index in [0.717, 1.165) is 16.8 Å². The van der Waals surface area contributed by atoms with Gasteiger partial charge >= 0.3 is 0 Å². The Bertz CT molecular complexity index is 488. The van der Waals surface area contributed by atoms with E-state index in [-0.39, 0.29) is 0 Å². The van der Waals surface area contributed by atoms with Crippen LogP contribution in [0.15, 0.2) is 15.9 Å². The van der Waals surface area contributed by atoms with Crippen molar-refractivity contribution in [1.29, 1.82) is 0 Å². The van der Waals surface area contributed by atoms with Crippen molar-refractivity contribution in [1.82, 2.24) is 9.62 Å². The van der Waals surface area contributed by atoms with Gasteiger partial charge < -0.3 is 5.32 Å². The lowest BCUT2D eigenvalue weighted by molar-refractivity contribution is 0.414. The van der Waals surface area contributed by atoms with Crippen molar-refractivity contribution in [2.75, 3.05) is 25.9 Å². The van der Waals surface area contributed by atoms with Gasteiger partial charge in [-0.3, -0.25) is 0 Å². The standard InChI is InChI=1S/C12H21BrN2O2S2/c1-4-15(19(3,16)17)9-5-8-14-10(2)11-6-7-12(13)18-11/h6-7,10,14H,4-5,8-9H2,1-3H3. The third kappa shape index (κ3) is 5.91. The quantitative estimate of drug-likeness (QED) is 0.717. The molecule has 0 aliphatic rings. The number of halogens is 1. The van der Waals surface area contributed by atoms with Crippen LogP contribution in [-0.2, 0) is 10.0 Å². The Morgan fingerprint density at radius 2 is 2.16 bits per heavy atom. The first-order chi connectivity index (χ1) is 8.84. The van der Waals surface area contributed by atoms with Gasteiger partial charge in [0, 0.05) is 24.0 Å². The van der Waals surface area contributed by atoms with Crippen molar-refractivity contribution >= 4 is 37.3 Å². The molecule has 0 spiro atoms. The smallest absolute Gasteiger partial charge is 0.211 e. The molecule has 0 bridgehead atoms. The van der Waals surface area contributed by atoms with Gasteiger partial charge in [0.25, 0.3) is 0 Å². The summed E-state index contributed by atoms with van der Waals surface area (Å²) in [6.07, 6.45) is 2.08. The maximum absolute atomic E-state index is 11.4. The minimum Gasteiger partial charge on any atom is -0.309 e. The molecule has 0 aliphatic carbocycles. The van der Waals surface area contributed by atoms with Gasteiger partial charge in [0.1, 0.15) is 0 Å². The van der Waals surface area contributed by atoms with Gasteiger partial charge in [-0.25, -0.2) is 12.7 Å². The van der Waals surface area contributed by atoms with Gasteiger partial charge in [-0.15, -0.1) is 11.3 Å². The summed E-state index contributed by atoms with van der Waals surface area (Å²) in [7, 11) is -3.06. The Kier molecular flexibility index (Phi) is 6.96. The molecular weight excluding hydrogens is 348 g/mol. The zero-order valence-corrected chi connectivity index (χ0v) is 14.7. The summed E-state index contributed by atoms with van der Waals surface area (Å²) < 4.78 is 25.5. The topological polar surface area (TPSA) is 49.4 Å². The Balaban J connectivity index is 2.31. The summed E-state index contributed by atoms with van der Waals surface area (Å²) in [5, 5.41) is 3.41. The molecule has 1 rings (SSSR count). The summed E-state index contributed by atoms with van der Waals surface area (Å²) in [4.78, 5) is 1.28. The number of rotatable bonds is 8. The lowest BCUT2D eigenvalue weighted by atomic mass is 10.2. The van der Waals surface area contributed by atoms with Crippen LogP contribution in [0.1, 0.15) is 31.2 Å². The third-order valence-corrected chi connectivity index (χ3v) is 6.06. The van der Waals surface area contributed by atoms with E-state index in [1.165, 1.54) is 15.4 Å². The predicted octanol–water partition coefficient (Wildman–Crippen LogP) is 2.83. The lowest BCUT2D eigenvalue weighted by Gasteiger charge is -2.18. The van der Waals surface area contributed by atoms with Crippen molar-refractivity contribution in [3.05, 3.63) is 20.8 Å². The molecule has 0 aliphatic heterocycles. The van der Waals surface area contributed by atoms with E-state index in [1.807, 2.05) is 13.0 Å². The second-order valence-electron chi connectivity index (χ2n) is 4.43. The van der Waals surface area contributed by atoms with Crippen molar-refractivity contribution in [2.24, 2.45) is 0 Å². The summed E-state index contributed by atoms with van der Waals surface area (Å²) in [5.74, 6) is 0. The predicted molar refractivity (Wildman–Crippen MR) is 85.1 cm³/mol. The van der Waals surface area contributed by atoms with Crippen LogP contribution in [0.2, 0.25) is 0 Å². The minimum absolute atomic E-state index is 0.296. The normalized spacial score (nSPS) is 13.9. The molecule has 0 saturated carbocycles. The molecule has 1 aromatic heterocycles. The van der Waals surface area contributed by atoms with Crippen LogP contribution in [0.3, 0.4) is 0 Å². The van der Waals surface area contributed by atoms with Crippen molar-refractivity contribution in [3.63, 3.8) is 0 Å². The van der Waals surface area contributed by atoms with Gasteiger partial charge in [-0.2, -0.15) is 0 Å². The maximum atomic E-state index is 11.4. The highest BCUT2D eigenvalue weighted by molar-refractivity contribution is 9.11. The van der Waals surface area contributed by atoms with Gasteiger partial charge in [0.15, 0.2) is 0 Å². The van der Waals surface area contributed by atoms with E-state index < -0.39 is 10.0 Å². The van der Waals surface area contributed by atoms with Crippen LogP contribution in [-0.4, -0.2) is 38.6 Å². The molecule has 0 fully saturated rings. The summed E-state index contributed by atoms with van der Waals surface area (Å²) >= 11 is 5.17. The molecule has 4 nitrogen and oxygen atoms in total. The molecule has 1 N–H and O–H groups in total. The van der Waals surface area contributed by atoms with Crippen LogP contribution in [0.4, 0.5) is 0 Å². The lowest BCUT2D eigenvalue weighted by Crippen LogP contribution is -2.32. The molecule has 19 heavy (non-hydrogen) atoms. The van der Waals surface area contributed by atoms with Crippen LogP contribution < -0.4 is 5.32 Å². The number of thiophene rings is 1. The molecule has 7 heteroatoms. The fraction of sp³-hybridized carbons (Fsp3) is 0.667. The average Bonchev–Trinajstić information content (AvgIpc) is 2.74. The van der Waals surface area contributed by atoms with Crippen molar-refractivity contribution in [2.45, 2.75) is 26.3 Å². The van der Waals surface area contributed by atoms with Crippen molar-refractivity contribution < 1.29 is 8.42 Å². The number of hydrogen-bond donors (Lipinski definition) is 1. The summed E-state index contributed by atoms with van der Waals surface area (Å²) in [6.45, 7) is 5.89. The van der Waals surface area contributed by atoms with E-state index in [0.29, 0.717) is 19.1 Å². The monoisotopic (exact) mass is 368 g/mol. The fourth-order valence-corrected chi connectivity index (χ4v) is 4.17. The molecule has 0 radical (unpaired) electrons. The van der Waals surface area contributed by atoms with E-state index in [9.17, 15) is 8.42 Å². The fourth-order valence-electron chi connectivity index (χ4n) is 1.79. The first-order valence-electron chi connectivity index (χ1n) is 6.28. The van der Waals surface area contributed by atoms with Gasteiger partial charge in [0.2, 0.25) is 10.0 Å². The third-order valence-electron chi connectivity index (χ3n) is 2.88. The summed E-state index contributed by atoms with van der Waals surface area (Å²) in [6, 6.07) is 4.44. The van der Waals surface area contributed by atoms with Crippen LogP contribution in [0.25, 0.3) is 0 Å². The number of sulfonamides is 1. The number of nitrogens with one attached hydrogen (secondary N) is 1. The number of nitrogens with zero attached hydrogens (tertiary/aromatic N) is 1. The van der Waals surface area contributed by atoms with Crippen LogP contribution >= 0.6 is 27.3 Å². The van der Waals surface area contributed by atoms with Crippen molar-refractivity contribution in [3.8, 4) is 0 Å². The second-order valence-corrected chi connectivity index (χ2v) is 8.90. The molecule has 110 valence electrons. The highest BCUT2D eigenvalue weighted by atomic mass is 79.9. The first-order valence-corrected chi connectivity index (χ1v) is 9.74. The van der Waals surface area contributed by atoms with E-state index in [4.69, 9.17) is 0 Å². The minimum atomic E-state index is -3.06. The average molecular weight is 369 g/mol. The number of hydrogen-bond acceptors (Lipinski definition) is 4. The first kappa shape index (κ1) is 17.1. The Hall–Kier alpha value is 0.0500. The van der Waals surface area contributed by atoms with Gasteiger partial charge in [0.05, 0.1) is 10.0 Å². The molecule has 0 saturated heterocycles. The Morgan fingerprint density at radius 1 is 1.47 bits per heavy atom. The second kappa shape index (κ2) is 7.73. The Labute approximate surface area is 128 Å². The highest BCUT2D eigenvalue weighted by Crippen LogP contribution is 2.26. The molecule has 0 aromatic carbocycles. The molecule has 1 heterocycles. The van der Waals surface area contributed by atoms with E-state index >= 15 is 0 Å². The maximum Gasteiger partial charge on any atom is 0.211 e. The zero-order valence-electron chi connectivity index (χ0n) is 11.5. The Morgan fingerprint density at radius 3 is 2.63 bits per heavy atom. The van der Waals surface area contributed by atoms with E-state index in [1.54, 1.807) is 11.3 Å². The molecular formula is C12H21BrN2O2S2. The largest absolute Gasteiger partial charge is 0.309 e.